The second kappa shape index (κ2) is 5.34. The third kappa shape index (κ3) is 2.32. The van der Waals surface area contributed by atoms with Crippen molar-refractivity contribution < 1.29 is 18.4 Å². The molecule has 7 nitrogen and oxygen atoms in total. The summed E-state index contributed by atoms with van der Waals surface area (Å²) in [4.78, 5) is 8.92. The fraction of sp³-hybridized carbons (Fsp3) is 0.167. The average Bonchev–Trinajstić information content (AvgIpc) is 3.37. The van der Waals surface area contributed by atoms with Gasteiger partial charge in [0, 0.05) is 17.5 Å². The Morgan fingerprint density at radius 1 is 0.960 bits per heavy atom. The van der Waals surface area contributed by atoms with Crippen LogP contribution in [0.5, 0.6) is 11.5 Å². The van der Waals surface area contributed by atoms with Crippen molar-refractivity contribution in [1.29, 1.82) is 0 Å². The van der Waals surface area contributed by atoms with Crippen LogP contribution in [0.15, 0.2) is 45.3 Å². The normalized spacial score (nSPS) is 12.8. The molecule has 0 saturated carbocycles. The van der Waals surface area contributed by atoms with E-state index < -0.39 is 0 Å². The molecule has 2 aromatic carbocycles. The van der Waals surface area contributed by atoms with Crippen LogP contribution >= 0.6 is 0 Å². The molecule has 0 bridgehead atoms. The third-order valence-corrected chi connectivity index (χ3v) is 4.04. The van der Waals surface area contributed by atoms with Crippen LogP contribution in [0, 0.1) is 0 Å². The monoisotopic (exact) mass is 335 g/mol. The lowest BCUT2D eigenvalue weighted by Gasteiger charge is -1.97. The van der Waals surface area contributed by atoms with E-state index in [-0.39, 0.29) is 6.79 Å². The fourth-order valence-electron chi connectivity index (χ4n) is 2.75. The summed E-state index contributed by atoms with van der Waals surface area (Å²) in [6.07, 6.45) is 0.750. The highest BCUT2D eigenvalue weighted by atomic mass is 16.7. The molecule has 1 aliphatic rings. The van der Waals surface area contributed by atoms with E-state index in [1.54, 1.807) is 0 Å². The van der Waals surface area contributed by atoms with Crippen molar-refractivity contribution in [3.8, 4) is 34.3 Å². The molecule has 3 heterocycles. The number of hydrogen-bond donors (Lipinski definition) is 0. The van der Waals surface area contributed by atoms with Crippen molar-refractivity contribution in [1.82, 2.24) is 15.1 Å². The van der Waals surface area contributed by atoms with Gasteiger partial charge < -0.3 is 18.4 Å². The Morgan fingerprint density at radius 3 is 2.76 bits per heavy atom. The van der Waals surface area contributed by atoms with Crippen LogP contribution in [0.3, 0.4) is 0 Å². The van der Waals surface area contributed by atoms with Crippen molar-refractivity contribution in [2.75, 3.05) is 6.79 Å². The average molecular weight is 335 g/mol. The Balaban J connectivity index is 1.51. The number of nitrogens with zero attached hydrogens (tertiary/aromatic N) is 3. The smallest absolute Gasteiger partial charge is 0.258 e. The summed E-state index contributed by atoms with van der Waals surface area (Å²) in [5, 5.41) is 4.07. The van der Waals surface area contributed by atoms with E-state index in [0.29, 0.717) is 29.1 Å². The molecule has 124 valence electrons. The summed E-state index contributed by atoms with van der Waals surface area (Å²) in [5.74, 6) is 3.01. The molecule has 1 aliphatic heterocycles. The quantitative estimate of drug-likeness (QED) is 0.562. The third-order valence-electron chi connectivity index (χ3n) is 4.04. The van der Waals surface area contributed by atoms with Crippen LogP contribution in [0.2, 0.25) is 0 Å². The Bertz CT molecular complexity index is 1080. The lowest BCUT2D eigenvalue weighted by atomic mass is 10.2. The largest absolute Gasteiger partial charge is 0.454 e. The number of rotatable bonds is 3. The Kier molecular flexibility index (Phi) is 3.00. The van der Waals surface area contributed by atoms with Gasteiger partial charge >= 0.3 is 0 Å². The highest BCUT2D eigenvalue weighted by Gasteiger charge is 2.17. The van der Waals surface area contributed by atoms with Gasteiger partial charge in [-0.15, -0.1) is 0 Å². The van der Waals surface area contributed by atoms with Crippen LogP contribution in [-0.2, 0) is 6.42 Å². The number of ether oxygens (including phenoxy) is 2. The van der Waals surface area contributed by atoms with Gasteiger partial charge in [0.05, 0.1) is 0 Å². The molecule has 0 saturated heterocycles. The molecule has 0 amide bonds. The molecule has 0 aliphatic carbocycles. The number of fused-ring (bicyclic) bond motifs is 2. The minimum Gasteiger partial charge on any atom is -0.454 e. The molecule has 0 N–H and O–H groups in total. The SMILES string of the molecule is CCc1nc2cc(-c3noc(-c4ccc5c(c4)OCO5)n3)ccc2o1. The number of aryl methyl sites for hydroxylation is 1. The van der Waals surface area contributed by atoms with E-state index in [0.717, 1.165) is 28.6 Å². The highest BCUT2D eigenvalue weighted by Crippen LogP contribution is 2.36. The molecule has 4 aromatic rings. The lowest BCUT2D eigenvalue weighted by molar-refractivity contribution is 0.174. The zero-order chi connectivity index (χ0) is 16.8. The van der Waals surface area contributed by atoms with E-state index in [2.05, 4.69) is 15.1 Å². The molecule has 2 aromatic heterocycles. The maximum atomic E-state index is 5.62. The topological polar surface area (TPSA) is 83.4 Å². The van der Waals surface area contributed by atoms with E-state index in [9.17, 15) is 0 Å². The number of oxazole rings is 1. The first kappa shape index (κ1) is 14.0. The van der Waals surface area contributed by atoms with Gasteiger partial charge in [0.2, 0.25) is 12.6 Å². The van der Waals surface area contributed by atoms with Gasteiger partial charge in [-0.1, -0.05) is 12.1 Å². The minimum absolute atomic E-state index is 0.228. The predicted molar refractivity (Wildman–Crippen MR) is 88.2 cm³/mol. The van der Waals surface area contributed by atoms with Crippen molar-refractivity contribution in [2.24, 2.45) is 0 Å². The minimum atomic E-state index is 0.228. The van der Waals surface area contributed by atoms with Crippen molar-refractivity contribution in [2.45, 2.75) is 13.3 Å². The fourth-order valence-corrected chi connectivity index (χ4v) is 2.75. The Labute approximate surface area is 142 Å². The number of aromatic nitrogens is 3. The standard InChI is InChI=1S/C18H13N3O4/c1-2-16-19-12-7-10(3-5-13(12)24-16)17-20-18(25-21-17)11-4-6-14-15(8-11)23-9-22-14/h3-8H,2,9H2,1H3. The highest BCUT2D eigenvalue weighted by molar-refractivity contribution is 5.79. The molecule has 25 heavy (non-hydrogen) atoms. The maximum Gasteiger partial charge on any atom is 0.258 e. The van der Waals surface area contributed by atoms with Gasteiger partial charge in [-0.25, -0.2) is 4.98 Å². The molecule has 0 fully saturated rings. The molecule has 5 rings (SSSR count). The molecule has 0 unspecified atom stereocenters. The maximum absolute atomic E-state index is 5.62. The summed E-state index contributed by atoms with van der Waals surface area (Å²) in [6, 6.07) is 11.2. The second-order valence-electron chi connectivity index (χ2n) is 5.63. The van der Waals surface area contributed by atoms with Gasteiger partial charge in [0.1, 0.15) is 5.52 Å². The van der Waals surface area contributed by atoms with Crippen LogP contribution in [0.4, 0.5) is 0 Å². The van der Waals surface area contributed by atoms with Gasteiger partial charge in [0.15, 0.2) is 23.0 Å². The van der Waals surface area contributed by atoms with E-state index in [4.69, 9.17) is 18.4 Å². The first-order valence-electron chi connectivity index (χ1n) is 7.94. The lowest BCUT2D eigenvalue weighted by Crippen LogP contribution is -1.92. The summed E-state index contributed by atoms with van der Waals surface area (Å²) < 4.78 is 21.7. The van der Waals surface area contributed by atoms with Crippen molar-refractivity contribution in [3.63, 3.8) is 0 Å². The summed E-state index contributed by atoms with van der Waals surface area (Å²) >= 11 is 0. The zero-order valence-corrected chi connectivity index (χ0v) is 13.4. The van der Waals surface area contributed by atoms with Gasteiger partial charge in [-0.05, 0) is 36.4 Å². The summed E-state index contributed by atoms with van der Waals surface area (Å²) in [6.45, 7) is 2.23. The van der Waals surface area contributed by atoms with Crippen LogP contribution in [-0.4, -0.2) is 21.9 Å². The molecular weight excluding hydrogens is 322 g/mol. The van der Waals surface area contributed by atoms with E-state index in [1.807, 2.05) is 43.3 Å². The predicted octanol–water partition coefficient (Wildman–Crippen LogP) is 3.84. The molecule has 0 spiro atoms. The van der Waals surface area contributed by atoms with Crippen LogP contribution in [0.25, 0.3) is 33.9 Å². The van der Waals surface area contributed by atoms with E-state index >= 15 is 0 Å². The summed E-state index contributed by atoms with van der Waals surface area (Å²) in [5.41, 5.74) is 3.13. The summed E-state index contributed by atoms with van der Waals surface area (Å²) in [7, 11) is 0. The zero-order valence-electron chi connectivity index (χ0n) is 13.4. The first-order chi connectivity index (χ1) is 12.3. The van der Waals surface area contributed by atoms with Crippen molar-refractivity contribution in [3.05, 3.63) is 42.3 Å². The van der Waals surface area contributed by atoms with Crippen molar-refractivity contribution >= 4 is 11.1 Å². The van der Waals surface area contributed by atoms with Gasteiger partial charge in [0.25, 0.3) is 5.89 Å². The molecule has 0 radical (unpaired) electrons. The second-order valence-corrected chi connectivity index (χ2v) is 5.63. The first-order valence-corrected chi connectivity index (χ1v) is 7.94. The number of hydrogen-bond acceptors (Lipinski definition) is 7. The van der Waals surface area contributed by atoms with Gasteiger partial charge in [-0.2, -0.15) is 4.98 Å². The van der Waals surface area contributed by atoms with Crippen LogP contribution in [0.1, 0.15) is 12.8 Å². The molecule has 0 atom stereocenters. The number of benzene rings is 2. The van der Waals surface area contributed by atoms with Gasteiger partial charge in [-0.3, -0.25) is 0 Å². The Hall–Kier alpha value is -3.35. The Morgan fingerprint density at radius 2 is 1.84 bits per heavy atom. The van der Waals surface area contributed by atoms with Crippen LogP contribution < -0.4 is 9.47 Å². The molecular formula is C18H13N3O4. The van der Waals surface area contributed by atoms with E-state index in [1.165, 1.54) is 0 Å². The molecule has 7 heteroatoms.